The second-order valence-corrected chi connectivity index (χ2v) is 4.81. The molecule has 0 aliphatic carbocycles. The van der Waals surface area contributed by atoms with Crippen molar-refractivity contribution in [2.75, 3.05) is 55.6 Å². The van der Waals surface area contributed by atoms with Crippen molar-refractivity contribution in [3.63, 3.8) is 0 Å². The molecule has 1 aliphatic rings. The molecule has 1 aromatic heterocycles. The van der Waals surface area contributed by atoms with E-state index in [1.807, 2.05) is 12.3 Å². The molecule has 0 atom stereocenters. The summed E-state index contributed by atoms with van der Waals surface area (Å²) in [5.41, 5.74) is 0. The van der Waals surface area contributed by atoms with E-state index in [2.05, 4.69) is 40.5 Å². The Balaban J connectivity index is 2.07. The molecule has 2 rings (SSSR count). The van der Waals surface area contributed by atoms with Crippen molar-refractivity contribution in [3.05, 3.63) is 12.3 Å². The van der Waals surface area contributed by atoms with Crippen LogP contribution in [0.5, 0.6) is 0 Å². The standard InChI is InChI=1S/C14H25N5/c1-4-17-9-11-19(12-10-17)13-7-8-15-14(16-13)18(5-2)6-3/h7-8H,4-6,9-12H2,1-3H3. The molecule has 0 N–H and O–H groups in total. The molecule has 19 heavy (non-hydrogen) atoms. The Hall–Kier alpha value is -1.36. The lowest BCUT2D eigenvalue weighted by molar-refractivity contribution is 0.270. The van der Waals surface area contributed by atoms with Gasteiger partial charge in [0.15, 0.2) is 0 Å². The molecule has 1 saturated heterocycles. The molecule has 0 aromatic carbocycles. The molecule has 0 unspecified atom stereocenters. The lowest BCUT2D eigenvalue weighted by Gasteiger charge is -2.35. The maximum Gasteiger partial charge on any atom is 0.227 e. The number of piperazine rings is 1. The minimum Gasteiger partial charge on any atom is -0.354 e. The summed E-state index contributed by atoms with van der Waals surface area (Å²) in [5.74, 6) is 1.91. The predicted molar refractivity (Wildman–Crippen MR) is 79.9 cm³/mol. The van der Waals surface area contributed by atoms with Crippen molar-refractivity contribution >= 4 is 11.8 Å². The molecular weight excluding hydrogens is 238 g/mol. The van der Waals surface area contributed by atoms with E-state index < -0.39 is 0 Å². The van der Waals surface area contributed by atoms with E-state index in [1.165, 1.54) is 0 Å². The summed E-state index contributed by atoms with van der Waals surface area (Å²) in [6, 6.07) is 2.02. The van der Waals surface area contributed by atoms with E-state index in [0.29, 0.717) is 0 Å². The maximum absolute atomic E-state index is 4.71. The monoisotopic (exact) mass is 263 g/mol. The van der Waals surface area contributed by atoms with Gasteiger partial charge in [0.2, 0.25) is 5.95 Å². The van der Waals surface area contributed by atoms with Gasteiger partial charge in [-0.05, 0) is 26.5 Å². The summed E-state index contributed by atoms with van der Waals surface area (Å²) in [5, 5.41) is 0. The largest absolute Gasteiger partial charge is 0.354 e. The number of anilines is 2. The highest BCUT2D eigenvalue weighted by molar-refractivity contribution is 5.44. The van der Waals surface area contributed by atoms with Crippen LogP contribution < -0.4 is 9.80 Å². The molecule has 1 aromatic rings. The Labute approximate surface area is 116 Å². The maximum atomic E-state index is 4.71. The number of nitrogens with zero attached hydrogens (tertiary/aromatic N) is 5. The third-order valence-electron chi connectivity index (χ3n) is 3.82. The third-order valence-corrected chi connectivity index (χ3v) is 3.82. The van der Waals surface area contributed by atoms with Gasteiger partial charge in [0, 0.05) is 45.5 Å². The average molecular weight is 263 g/mol. The van der Waals surface area contributed by atoms with Crippen molar-refractivity contribution in [1.82, 2.24) is 14.9 Å². The highest BCUT2D eigenvalue weighted by atomic mass is 15.3. The minimum absolute atomic E-state index is 0.848. The predicted octanol–water partition coefficient (Wildman–Crippen LogP) is 1.46. The van der Waals surface area contributed by atoms with Crippen LogP contribution in [-0.2, 0) is 0 Å². The van der Waals surface area contributed by atoms with Crippen molar-refractivity contribution in [1.29, 1.82) is 0 Å². The van der Waals surface area contributed by atoms with E-state index >= 15 is 0 Å². The Morgan fingerprint density at radius 2 is 1.79 bits per heavy atom. The Kier molecular flexibility index (Phi) is 4.96. The zero-order valence-corrected chi connectivity index (χ0v) is 12.3. The Bertz CT molecular complexity index is 383. The molecule has 0 spiro atoms. The fourth-order valence-electron chi connectivity index (χ4n) is 2.47. The fraction of sp³-hybridized carbons (Fsp3) is 0.714. The number of aromatic nitrogens is 2. The lowest BCUT2D eigenvalue weighted by Crippen LogP contribution is -2.46. The van der Waals surface area contributed by atoms with Crippen LogP contribution in [0.1, 0.15) is 20.8 Å². The van der Waals surface area contributed by atoms with Gasteiger partial charge in [-0.2, -0.15) is 4.98 Å². The Morgan fingerprint density at radius 3 is 2.37 bits per heavy atom. The fourth-order valence-corrected chi connectivity index (χ4v) is 2.47. The van der Waals surface area contributed by atoms with Crippen LogP contribution in [0.15, 0.2) is 12.3 Å². The Morgan fingerprint density at radius 1 is 1.11 bits per heavy atom. The first-order valence-electron chi connectivity index (χ1n) is 7.33. The second kappa shape index (κ2) is 6.70. The van der Waals surface area contributed by atoms with Gasteiger partial charge in [-0.25, -0.2) is 4.98 Å². The molecule has 106 valence electrons. The highest BCUT2D eigenvalue weighted by Crippen LogP contribution is 2.16. The zero-order chi connectivity index (χ0) is 13.7. The SMILES string of the molecule is CCN1CCN(c2ccnc(N(CC)CC)n2)CC1. The number of likely N-dealkylation sites (N-methyl/N-ethyl adjacent to an activating group) is 1. The van der Waals surface area contributed by atoms with E-state index in [0.717, 1.165) is 57.6 Å². The summed E-state index contributed by atoms with van der Waals surface area (Å²) < 4.78 is 0. The molecule has 1 aliphatic heterocycles. The normalized spacial score (nSPS) is 16.7. The van der Waals surface area contributed by atoms with Crippen LogP contribution in [0.25, 0.3) is 0 Å². The lowest BCUT2D eigenvalue weighted by atomic mass is 10.3. The average Bonchev–Trinajstić information content (AvgIpc) is 2.49. The first-order valence-corrected chi connectivity index (χ1v) is 7.33. The van der Waals surface area contributed by atoms with Crippen LogP contribution in [0.3, 0.4) is 0 Å². The quantitative estimate of drug-likeness (QED) is 0.804. The van der Waals surface area contributed by atoms with E-state index in [9.17, 15) is 0 Å². The topological polar surface area (TPSA) is 35.5 Å². The molecular formula is C14H25N5. The van der Waals surface area contributed by atoms with Gasteiger partial charge in [-0.1, -0.05) is 6.92 Å². The van der Waals surface area contributed by atoms with E-state index in [4.69, 9.17) is 4.98 Å². The van der Waals surface area contributed by atoms with Gasteiger partial charge >= 0.3 is 0 Å². The van der Waals surface area contributed by atoms with Gasteiger partial charge < -0.3 is 14.7 Å². The van der Waals surface area contributed by atoms with Gasteiger partial charge in [0.05, 0.1) is 0 Å². The van der Waals surface area contributed by atoms with E-state index in [-0.39, 0.29) is 0 Å². The number of rotatable bonds is 5. The van der Waals surface area contributed by atoms with Crippen LogP contribution in [0.4, 0.5) is 11.8 Å². The molecule has 0 radical (unpaired) electrons. The summed E-state index contributed by atoms with van der Waals surface area (Å²) in [6.45, 7) is 13.9. The molecule has 1 fully saturated rings. The zero-order valence-electron chi connectivity index (χ0n) is 12.3. The summed E-state index contributed by atoms with van der Waals surface area (Å²) in [6.07, 6.45) is 1.88. The number of hydrogen-bond donors (Lipinski definition) is 0. The van der Waals surface area contributed by atoms with Gasteiger partial charge in [-0.15, -0.1) is 0 Å². The molecule has 0 saturated carbocycles. The molecule has 5 heteroatoms. The molecule has 0 amide bonds. The second-order valence-electron chi connectivity index (χ2n) is 4.81. The first-order chi connectivity index (χ1) is 9.28. The van der Waals surface area contributed by atoms with Gasteiger partial charge in [-0.3, -0.25) is 0 Å². The van der Waals surface area contributed by atoms with Gasteiger partial charge in [0.25, 0.3) is 0 Å². The van der Waals surface area contributed by atoms with Gasteiger partial charge in [0.1, 0.15) is 5.82 Å². The minimum atomic E-state index is 0.848. The summed E-state index contributed by atoms with van der Waals surface area (Å²) in [4.78, 5) is 16.1. The van der Waals surface area contributed by atoms with Crippen molar-refractivity contribution in [2.45, 2.75) is 20.8 Å². The summed E-state index contributed by atoms with van der Waals surface area (Å²) in [7, 11) is 0. The molecule has 2 heterocycles. The smallest absolute Gasteiger partial charge is 0.227 e. The van der Waals surface area contributed by atoms with Crippen LogP contribution in [-0.4, -0.2) is 60.7 Å². The van der Waals surface area contributed by atoms with E-state index in [1.54, 1.807) is 0 Å². The van der Waals surface area contributed by atoms with Crippen molar-refractivity contribution in [2.24, 2.45) is 0 Å². The molecule has 0 bridgehead atoms. The first kappa shape index (κ1) is 14.1. The summed E-state index contributed by atoms with van der Waals surface area (Å²) >= 11 is 0. The number of hydrogen-bond acceptors (Lipinski definition) is 5. The van der Waals surface area contributed by atoms with Crippen molar-refractivity contribution < 1.29 is 0 Å². The van der Waals surface area contributed by atoms with Crippen LogP contribution >= 0.6 is 0 Å². The third kappa shape index (κ3) is 3.35. The van der Waals surface area contributed by atoms with Crippen LogP contribution in [0.2, 0.25) is 0 Å². The van der Waals surface area contributed by atoms with Crippen LogP contribution in [0, 0.1) is 0 Å². The van der Waals surface area contributed by atoms with Crippen molar-refractivity contribution in [3.8, 4) is 0 Å². The highest BCUT2D eigenvalue weighted by Gasteiger charge is 2.17. The molecule has 5 nitrogen and oxygen atoms in total.